The molecule has 0 saturated heterocycles. The van der Waals surface area contributed by atoms with Crippen LogP contribution in [0.5, 0.6) is 0 Å². The molecule has 3 N–H and O–H groups in total. The van der Waals surface area contributed by atoms with Crippen molar-refractivity contribution in [2.24, 2.45) is 5.92 Å². The van der Waals surface area contributed by atoms with E-state index in [0.717, 1.165) is 0 Å². The molecule has 7 nitrogen and oxygen atoms in total. The Balaban J connectivity index is 1.99. The summed E-state index contributed by atoms with van der Waals surface area (Å²) in [6.45, 7) is 4.05. The van der Waals surface area contributed by atoms with Gasteiger partial charge in [-0.2, -0.15) is 0 Å². The molecule has 0 bridgehead atoms. The number of hydrogen-bond acceptors (Lipinski definition) is 7. The molecular formula is C13H17N5O2S. The van der Waals surface area contributed by atoms with E-state index in [4.69, 9.17) is 0 Å². The molecule has 2 rings (SSSR count). The van der Waals surface area contributed by atoms with E-state index >= 15 is 0 Å². The number of anilines is 2. The standard InChI is InChI=1S/C13H17N5O2S/c1-8(2)10(6-19)16-11-4-3-9(5-14-11)12(20)17-13-18-15-7-21-13/h3-5,7-8,10,19H,6H2,1-2H3,(H,14,16)(H,17,18,20)/t10-/m1/s1. The van der Waals surface area contributed by atoms with Crippen molar-refractivity contribution in [3.05, 3.63) is 29.4 Å². The molecule has 0 aliphatic rings. The number of nitrogens with one attached hydrogen (secondary N) is 2. The van der Waals surface area contributed by atoms with Crippen LogP contribution in [0.2, 0.25) is 0 Å². The van der Waals surface area contributed by atoms with Gasteiger partial charge in [0.2, 0.25) is 5.13 Å². The Bertz CT molecular complexity index is 571. The maximum absolute atomic E-state index is 11.9. The van der Waals surface area contributed by atoms with E-state index in [9.17, 15) is 9.90 Å². The summed E-state index contributed by atoms with van der Waals surface area (Å²) in [5.74, 6) is 0.612. The van der Waals surface area contributed by atoms with Gasteiger partial charge in [-0.1, -0.05) is 25.2 Å². The first-order valence-corrected chi connectivity index (χ1v) is 7.39. The van der Waals surface area contributed by atoms with Gasteiger partial charge in [0, 0.05) is 6.20 Å². The van der Waals surface area contributed by atoms with Crippen molar-refractivity contribution in [1.82, 2.24) is 15.2 Å². The number of nitrogens with zero attached hydrogens (tertiary/aromatic N) is 3. The number of carbonyl (C=O) groups excluding carboxylic acids is 1. The van der Waals surface area contributed by atoms with Gasteiger partial charge in [0.25, 0.3) is 5.91 Å². The Morgan fingerprint density at radius 2 is 2.24 bits per heavy atom. The fourth-order valence-corrected chi connectivity index (χ4v) is 2.06. The second-order valence-electron chi connectivity index (χ2n) is 4.81. The second-order valence-corrected chi connectivity index (χ2v) is 5.64. The number of carbonyl (C=O) groups is 1. The Hall–Kier alpha value is -2.06. The van der Waals surface area contributed by atoms with E-state index in [2.05, 4.69) is 25.8 Å². The number of aromatic nitrogens is 3. The van der Waals surface area contributed by atoms with Crippen LogP contribution in [0.3, 0.4) is 0 Å². The Kier molecular flexibility index (Phi) is 5.18. The molecule has 0 radical (unpaired) electrons. The first kappa shape index (κ1) is 15.3. The summed E-state index contributed by atoms with van der Waals surface area (Å²) in [6.07, 6.45) is 1.48. The minimum absolute atomic E-state index is 0.0264. The van der Waals surface area contributed by atoms with Gasteiger partial charge in [0.05, 0.1) is 18.2 Å². The summed E-state index contributed by atoms with van der Waals surface area (Å²) in [6, 6.07) is 3.30. The molecule has 21 heavy (non-hydrogen) atoms. The smallest absolute Gasteiger partial charge is 0.259 e. The minimum Gasteiger partial charge on any atom is -0.394 e. The van der Waals surface area contributed by atoms with Gasteiger partial charge >= 0.3 is 0 Å². The number of pyridine rings is 1. The zero-order valence-corrected chi connectivity index (χ0v) is 12.6. The van der Waals surface area contributed by atoms with Crippen LogP contribution in [0.15, 0.2) is 23.8 Å². The largest absolute Gasteiger partial charge is 0.394 e. The first-order valence-electron chi connectivity index (χ1n) is 6.51. The first-order chi connectivity index (χ1) is 10.1. The van der Waals surface area contributed by atoms with Crippen LogP contribution in [0.25, 0.3) is 0 Å². The lowest BCUT2D eigenvalue weighted by molar-refractivity contribution is 0.102. The van der Waals surface area contributed by atoms with Crippen molar-refractivity contribution < 1.29 is 9.90 Å². The Labute approximate surface area is 126 Å². The number of aliphatic hydroxyl groups excluding tert-OH is 1. The van der Waals surface area contributed by atoms with Crippen LogP contribution >= 0.6 is 11.3 Å². The van der Waals surface area contributed by atoms with E-state index in [1.165, 1.54) is 17.5 Å². The summed E-state index contributed by atoms with van der Waals surface area (Å²) in [4.78, 5) is 16.1. The zero-order valence-electron chi connectivity index (χ0n) is 11.8. The zero-order chi connectivity index (χ0) is 15.2. The normalized spacial score (nSPS) is 12.2. The summed E-state index contributed by atoms with van der Waals surface area (Å²) >= 11 is 1.25. The average molecular weight is 307 g/mol. The molecule has 0 aromatic carbocycles. The van der Waals surface area contributed by atoms with Crippen LogP contribution in [0.4, 0.5) is 10.9 Å². The van der Waals surface area contributed by atoms with Crippen LogP contribution in [0, 0.1) is 5.92 Å². The van der Waals surface area contributed by atoms with E-state index in [1.54, 1.807) is 17.6 Å². The average Bonchev–Trinajstić information content (AvgIpc) is 2.98. The molecule has 2 aromatic rings. The van der Waals surface area contributed by atoms with Gasteiger partial charge in [-0.15, -0.1) is 10.2 Å². The SMILES string of the molecule is CC(C)[C@@H](CO)Nc1ccc(C(=O)Nc2nncs2)cn1. The van der Waals surface area contributed by atoms with Crippen LogP contribution < -0.4 is 10.6 Å². The predicted octanol–water partition coefficient (Wildman–Crippen LogP) is 1.61. The Morgan fingerprint density at radius 3 is 2.76 bits per heavy atom. The fourth-order valence-electron chi connectivity index (χ4n) is 1.62. The molecule has 112 valence electrons. The van der Waals surface area contributed by atoms with Gasteiger partial charge in [-0.05, 0) is 18.1 Å². The fraction of sp³-hybridized carbons (Fsp3) is 0.385. The topological polar surface area (TPSA) is 100 Å². The van der Waals surface area contributed by atoms with Gasteiger partial charge in [0.1, 0.15) is 11.3 Å². The molecule has 0 aliphatic carbocycles. The summed E-state index contributed by atoms with van der Waals surface area (Å²) in [5, 5.41) is 22.9. The molecule has 8 heteroatoms. The highest BCUT2D eigenvalue weighted by Gasteiger charge is 2.13. The molecule has 0 unspecified atom stereocenters. The highest BCUT2D eigenvalue weighted by molar-refractivity contribution is 7.13. The molecule has 1 atom stereocenters. The molecule has 0 aliphatic heterocycles. The van der Waals surface area contributed by atoms with Crippen molar-refractivity contribution >= 4 is 28.2 Å². The highest BCUT2D eigenvalue weighted by atomic mass is 32.1. The van der Waals surface area contributed by atoms with Gasteiger partial charge < -0.3 is 10.4 Å². The second kappa shape index (κ2) is 7.09. The van der Waals surface area contributed by atoms with Crippen molar-refractivity contribution in [3.8, 4) is 0 Å². The lowest BCUT2D eigenvalue weighted by atomic mass is 10.1. The third-order valence-electron chi connectivity index (χ3n) is 2.94. The summed E-state index contributed by atoms with van der Waals surface area (Å²) < 4.78 is 0. The molecule has 2 heterocycles. The van der Waals surface area contributed by atoms with Crippen molar-refractivity contribution in [2.45, 2.75) is 19.9 Å². The molecule has 0 saturated carbocycles. The molecular weight excluding hydrogens is 290 g/mol. The molecule has 0 fully saturated rings. The van der Waals surface area contributed by atoms with Crippen LogP contribution in [-0.4, -0.2) is 38.8 Å². The lowest BCUT2D eigenvalue weighted by Crippen LogP contribution is -2.29. The summed E-state index contributed by atoms with van der Waals surface area (Å²) in [5.41, 5.74) is 1.97. The van der Waals surface area contributed by atoms with E-state index in [-0.39, 0.29) is 24.5 Å². The van der Waals surface area contributed by atoms with E-state index in [0.29, 0.717) is 16.5 Å². The maximum atomic E-state index is 11.9. The van der Waals surface area contributed by atoms with Crippen molar-refractivity contribution in [3.63, 3.8) is 0 Å². The molecule has 2 aromatic heterocycles. The van der Waals surface area contributed by atoms with Crippen LogP contribution in [0.1, 0.15) is 24.2 Å². The van der Waals surface area contributed by atoms with E-state index < -0.39 is 0 Å². The molecule has 0 spiro atoms. The van der Waals surface area contributed by atoms with Crippen molar-refractivity contribution in [2.75, 3.05) is 17.2 Å². The number of aliphatic hydroxyl groups is 1. The molecule has 1 amide bonds. The van der Waals surface area contributed by atoms with Gasteiger partial charge in [-0.25, -0.2) is 4.98 Å². The third kappa shape index (κ3) is 4.20. The third-order valence-corrected chi connectivity index (χ3v) is 3.55. The highest BCUT2D eigenvalue weighted by Crippen LogP contribution is 2.13. The Morgan fingerprint density at radius 1 is 1.43 bits per heavy atom. The monoisotopic (exact) mass is 307 g/mol. The number of hydrogen-bond donors (Lipinski definition) is 3. The quantitative estimate of drug-likeness (QED) is 0.750. The van der Waals surface area contributed by atoms with Gasteiger partial charge in [0.15, 0.2) is 0 Å². The van der Waals surface area contributed by atoms with Crippen LogP contribution in [-0.2, 0) is 0 Å². The lowest BCUT2D eigenvalue weighted by Gasteiger charge is -2.20. The van der Waals surface area contributed by atoms with Gasteiger partial charge in [-0.3, -0.25) is 10.1 Å². The maximum Gasteiger partial charge on any atom is 0.259 e. The predicted molar refractivity (Wildman–Crippen MR) is 81.4 cm³/mol. The summed E-state index contributed by atoms with van der Waals surface area (Å²) in [7, 11) is 0. The number of amides is 1. The van der Waals surface area contributed by atoms with E-state index in [1.807, 2.05) is 13.8 Å². The number of rotatable bonds is 6. The minimum atomic E-state index is -0.284. The van der Waals surface area contributed by atoms with Crippen molar-refractivity contribution in [1.29, 1.82) is 0 Å².